The van der Waals surface area contributed by atoms with Crippen LogP contribution in [0.4, 0.5) is 11.4 Å². The topological polar surface area (TPSA) is 122 Å². The number of carbonyl (C=O) groups excluding carboxylic acids is 2. The van der Waals surface area contributed by atoms with Crippen LogP contribution < -0.4 is 10.1 Å². The Hall–Kier alpha value is -3.51. The lowest BCUT2D eigenvalue weighted by atomic mass is 10.1. The second kappa shape index (κ2) is 8.73. The van der Waals surface area contributed by atoms with Crippen molar-refractivity contribution >= 4 is 45.3 Å². The van der Waals surface area contributed by atoms with Crippen LogP contribution in [0.25, 0.3) is 6.08 Å². The van der Waals surface area contributed by atoms with Gasteiger partial charge in [-0.15, -0.1) is 0 Å². The van der Waals surface area contributed by atoms with Crippen LogP contribution in [0.5, 0.6) is 5.75 Å². The number of nitro groups is 1. The fourth-order valence-corrected chi connectivity index (χ4v) is 2.50. The zero-order valence-corrected chi connectivity index (χ0v) is 15.5. The smallest absolute Gasteiger partial charge is 0.308 e. The number of nitriles is 1. The molecule has 0 aliphatic rings. The fourth-order valence-electron chi connectivity index (χ4n) is 2.02. The molecule has 0 fully saturated rings. The number of hydrogen-bond donors (Lipinski definition) is 1. The van der Waals surface area contributed by atoms with E-state index in [1.807, 2.05) is 0 Å². The van der Waals surface area contributed by atoms with E-state index in [0.717, 1.165) is 0 Å². The van der Waals surface area contributed by atoms with Crippen LogP contribution in [0.1, 0.15) is 12.5 Å². The summed E-state index contributed by atoms with van der Waals surface area (Å²) < 4.78 is 5.47. The first-order valence-electron chi connectivity index (χ1n) is 7.45. The maximum Gasteiger partial charge on any atom is 0.308 e. The van der Waals surface area contributed by atoms with Crippen molar-refractivity contribution in [1.82, 2.24) is 0 Å². The molecule has 136 valence electrons. The quantitative estimate of drug-likeness (QED) is 0.192. The van der Waals surface area contributed by atoms with Crippen molar-refractivity contribution in [3.05, 3.63) is 68.2 Å². The molecular weight excluding hydrogens is 418 g/mol. The molecule has 2 aromatic carbocycles. The van der Waals surface area contributed by atoms with Gasteiger partial charge in [0.25, 0.3) is 11.6 Å². The molecule has 1 amide bonds. The van der Waals surface area contributed by atoms with Gasteiger partial charge in [0, 0.05) is 24.7 Å². The van der Waals surface area contributed by atoms with Crippen LogP contribution >= 0.6 is 15.9 Å². The zero-order valence-electron chi connectivity index (χ0n) is 13.9. The van der Waals surface area contributed by atoms with E-state index in [4.69, 9.17) is 4.74 Å². The Labute approximate surface area is 162 Å². The van der Waals surface area contributed by atoms with Crippen molar-refractivity contribution in [3.63, 3.8) is 0 Å². The van der Waals surface area contributed by atoms with Crippen LogP contribution in [0.15, 0.2) is 52.5 Å². The molecule has 0 radical (unpaired) electrons. The number of nitro benzene ring substituents is 1. The maximum atomic E-state index is 12.2. The Balaban J connectivity index is 2.18. The van der Waals surface area contributed by atoms with Crippen LogP contribution in [0.3, 0.4) is 0 Å². The van der Waals surface area contributed by atoms with Gasteiger partial charge in [0.2, 0.25) is 0 Å². The average molecular weight is 430 g/mol. The number of non-ortho nitro benzene ring substituents is 1. The number of amides is 1. The summed E-state index contributed by atoms with van der Waals surface area (Å²) in [6.07, 6.45) is 1.36. The first kappa shape index (κ1) is 19.8. The number of benzene rings is 2. The third-order valence-electron chi connectivity index (χ3n) is 3.22. The van der Waals surface area contributed by atoms with Crippen molar-refractivity contribution in [3.8, 4) is 11.8 Å². The highest BCUT2D eigenvalue weighted by Gasteiger charge is 2.12. The number of nitrogens with zero attached hydrogens (tertiary/aromatic N) is 2. The number of anilines is 1. The van der Waals surface area contributed by atoms with Gasteiger partial charge in [-0.25, -0.2) is 0 Å². The van der Waals surface area contributed by atoms with Crippen molar-refractivity contribution < 1.29 is 19.2 Å². The average Bonchev–Trinajstić information content (AvgIpc) is 2.61. The first-order valence-corrected chi connectivity index (χ1v) is 8.25. The lowest BCUT2D eigenvalue weighted by Crippen LogP contribution is -2.13. The normalized spacial score (nSPS) is 10.6. The van der Waals surface area contributed by atoms with Crippen molar-refractivity contribution in [2.75, 3.05) is 5.32 Å². The molecule has 0 heterocycles. The van der Waals surface area contributed by atoms with Gasteiger partial charge in [0.05, 0.1) is 9.40 Å². The van der Waals surface area contributed by atoms with Gasteiger partial charge in [-0.3, -0.25) is 19.7 Å². The molecule has 0 aliphatic carbocycles. The number of hydrogen-bond acceptors (Lipinski definition) is 6. The summed E-state index contributed by atoms with van der Waals surface area (Å²) in [5.74, 6) is -0.820. The highest BCUT2D eigenvalue weighted by Crippen LogP contribution is 2.27. The van der Waals surface area contributed by atoms with Crippen LogP contribution in [0.2, 0.25) is 0 Å². The Morgan fingerprint density at radius 2 is 1.93 bits per heavy atom. The summed E-state index contributed by atoms with van der Waals surface area (Å²) in [5.41, 5.74) is 0.577. The molecule has 9 heteroatoms. The number of carbonyl (C=O) groups is 2. The number of ether oxygens (including phenoxy) is 1. The molecule has 27 heavy (non-hydrogen) atoms. The fraction of sp³-hybridized carbons (Fsp3) is 0.0556. The standard InChI is InChI=1S/C18H12BrN3O5/c1-11(23)27-17-7-2-12(9-16(17)19)8-13(10-20)18(24)21-14-3-5-15(6-4-14)22(25)26/h2-9H,1H3,(H,21,24)/b13-8+. The van der Waals surface area contributed by atoms with E-state index in [1.165, 1.54) is 43.3 Å². The molecule has 2 aromatic rings. The summed E-state index contributed by atoms with van der Waals surface area (Å²) in [4.78, 5) is 33.3. The molecule has 0 aliphatic heterocycles. The second-order valence-corrected chi connectivity index (χ2v) is 6.07. The highest BCUT2D eigenvalue weighted by molar-refractivity contribution is 9.10. The van der Waals surface area contributed by atoms with E-state index in [-0.39, 0.29) is 11.3 Å². The van der Waals surface area contributed by atoms with Crippen LogP contribution in [0, 0.1) is 21.4 Å². The van der Waals surface area contributed by atoms with E-state index < -0.39 is 16.8 Å². The minimum absolute atomic E-state index is 0.109. The summed E-state index contributed by atoms with van der Waals surface area (Å²) >= 11 is 3.25. The number of nitrogens with one attached hydrogen (secondary N) is 1. The monoisotopic (exact) mass is 429 g/mol. The number of esters is 1. The molecule has 2 rings (SSSR count). The summed E-state index contributed by atoms with van der Waals surface area (Å²) in [6.45, 7) is 1.27. The zero-order chi connectivity index (χ0) is 20.0. The predicted molar refractivity (Wildman–Crippen MR) is 101 cm³/mol. The minimum atomic E-state index is -0.661. The number of halogens is 1. The Kier molecular flexibility index (Phi) is 6.41. The van der Waals surface area contributed by atoms with E-state index >= 15 is 0 Å². The summed E-state index contributed by atoms with van der Waals surface area (Å²) in [6, 6.07) is 11.7. The van der Waals surface area contributed by atoms with Gasteiger partial charge >= 0.3 is 5.97 Å². The molecule has 0 saturated heterocycles. The van der Waals surface area contributed by atoms with Crippen LogP contribution in [-0.4, -0.2) is 16.8 Å². The molecule has 0 atom stereocenters. The van der Waals surface area contributed by atoms with Gasteiger partial charge < -0.3 is 10.1 Å². The van der Waals surface area contributed by atoms with E-state index in [1.54, 1.807) is 18.2 Å². The predicted octanol–water partition coefficient (Wildman–Crippen LogP) is 3.83. The Morgan fingerprint density at radius 3 is 2.44 bits per heavy atom. The third-order valence-corrected chi connectivity index (χ3v) is 3.84. The number of rotatable bonds is 5. The SMILES string of the molecule is CC(=O)Oc1ccc(/C=C(\C#N)C(=O)Nc2ccc([N+](=O)[O-])cc2)cc1Br. The van der Waals surface area contributed by atoms with Gasteiger partial charge in [0.1, 0.15) is 17.4 Å². The Bertz CT molecular complexity index is 977. The van der Waals surface area contributed by atoms with E-state index in [0.29, 0.717) is 21.5 Å². The molecule has 0 spiro atoms. The molecule has 0 saturated carbocycles. The van der Waals surface area contributed by atoms with E-state index in [2.05, 4.69) is 21.2 Å². The second-order valence-electron chi connectivity index (χ2n) is 5.21. The van der Waals surface area contributed by atoms with E-state index in [9.17, 15) is 25.0 Å². The summed E-state index contributed by atoms with van der Waals surface area (Å²) in [7, 11) is 0. The lowest BCUT2D eigenvalue weighted by molar-refractivity contribution is -0.384. The molecular formula is C18H12BrN3O5. The van der Waals surface area contributed by atoms with Gasteiger partial charge in [-0.2, -0.15) is 5.26 Å². The van der Waals surface area contributed by atoms with Gasteiger partial charge in [-0.05, 0) is 51.8 Å². The van der Waals surface area contributed by atoms with Gasteiger partial charge in [0.15, 0.2) is 0 Å². The van der Waals surface area contributed by atoms with Crippen molar-refractivity contribution in [1.29, 1.82) is 5.26 Å². The minimum Gasteiger partial charge on any atom is -0.426 e. The largest absolute Gasteiger partial charge is 0.426 e. The first-order chi connectivity index (χ1) is 12.8. The molecule has 0 bridgehead atoms. The molecule has 8 nitrogen and oxygen atoms in total. The molecule has 0 aromatic heterocycles. The van der Waals surface area contributed by atoms with Crippen molar-refractivity contribution in [2.45, 2.75) is 6.92 Å². The molecule has 1 N–H and O–H groups in total. The third kappa shape index (κ3) is 5.49. The lowest BCUT2D eigenvalue weighted by Gasteiger charge is -2.06. The van der Waals surface area contributed by atoms with Crippen molar-refractivity contribution in [2.24, 2.45) is 0 Å². The van der Waals surface area contributed by atoms with Gasteiger partial charge in [-0.1, -0.05) is 6.07 Å². The Morgan fingerprint density at radius 1 is 1.26 bits per heavy atom. The summed E-state index contributed by atoms with van der Waals surface area (Å²) in [5, 5.41) is 22.4. The molecule has 0 unspecified atom stereocenters. The maximum absolute atomic E-state index is 12.2. The highest BCUT2D eigenvalue weighted by atomic mass is 79.9. The van der Waals surface area contributed by atoms with Crippen LogP contribution in [-0.2, 0) is 9.59 Å².